The van der Waals surface area contributed by atoms with E-state index in [0.29, 0.717) is 0 Å². The minimum atomic E-state index is -0.238. The largest absolute Gasteiger partial charge is 0.0905 e. The maximum atomic E-state index is 4.64. The van der Waals surface area contributed by atoms with Crippen molar-refractivity contribution in [2.24, 2.45) is 0 Å². The average Bonchev–Trinajstić information content (AvgIpc) is 3.44. The quantitative estimate of drug-likeness (QED) is 0.241. The number of allylic oxidation sites excluding steroid dienone is 4. The van der Waals surface area contributed by atoms with Crippen LogP contribution in [0.25, 0.3) is 33.0 Å². The highest BCUT2D eigenvalue weighted by atomic mass is 14.5. The second kappa shape index (κ2) is 7.54. The van der Waals surface area contributed by atoms with Gasteiger partial charge in [0.25, 0.3) is 0 Å². The summed E-state index contributed by atoms with van der Waals surface area (Å²) in [7, 11) is 0. The minimum absolute atomic E-state index is 0.238. The molecule has 3 aliphatic carbocycles. The zero-order valence-corrected chi connectivity index (χ0v) is 20.7. The van der Waals surface area contributed by atoms with Crippen molar-refractivity contribution in [3.8, 4) is 11.1 Å². The highest BCUT2D eigenvalue weighted by molar-refractivity contribution is 6.00. The lowest BCUT2D eigenvalue weighted by atomic mass is 9.68. The Morgan fingerprint density at radius 3 is 2.24 bits per heavy atom. The summed E-state index contributed by atoms with van der Waals surface area (Å²) in [6.07, 6.45) is 6.89. The Balaban J connectivity index is 1.42. The number of hydrogen-bond donors (Lipinski definition) is 0. The van der Waals surface area contributed by atoms with Crippen LogP contribution in [0.3, 0.4) is 0 Å². The Hall–Kier alpha value is -4.42. The standard InChI is InChI=1S/C37H26/c1-24(27-17-10-12-25-11-2-3-13-28(25)27)26-21-22-32-31-16-6-9-20-35(31)37(36(32)23-26)33-18-7-4-14-29(33)30-15-5-8-19-34(30)37/h2-7,9-18,20-23H,1,8,19H2. The first-order valence-corrected chi connectivity index (χ1v) is 13.2. The van der Waals surface area contributed by atoms with Crippen LogP contribution in [0.15, 0.2) is 133 Å². The minimum Gasteiger partial charge on any atom is -0.0905 e. The van der Waals surface area contributed by atoms with E-state index >= 15 is 0 Å². The second-order valence-electron chi connectivity index (χ2n) is 10.4. The number of rotatable bonds is 2. The predicted molar refractivity (Wildman–Crippen MR) is 156 cm³/mol. The molecule has 3 aliphatic rings. The topological polar surface area (TPSA) is 0 Å². The molecular weight excluding hydrogens is 444 g/mol. The van der Waals surface area contributed by atoms with E-state index < -0.39 is 0 Å². The molecule has 1 unspecified atom stereocenters. The highest BCUT2D eigenvalue weighted by Gasteiger charge is 2.52. The fraction of sp³-hybridized carbons (Fsp3) is 0.0811. The van der Waals surface area contributed by atoms with Crippen molar-refractivity contribution in [1.29, 1.82) is 0 Å². The number of fused-ring (bicyclic) bond motifs is 10. The van der Waals surface area contributed by atoms with Gasteiger partial charge >= 0.3 is 0 Å². The molecule has 0 N–H and O–H groups in total. The lowest BCUT2D eigenvalue weighted by Crippen LogP contribution is -2.27. The number of hydrogen-bond acceptors (Lipinski definition) is 0. The van der Waals surface area contributed by atoms with E-state index in [9.17, 15) is 0 Å². The Morgan fingerprint density at radius 1 is 0.649 bits per heavy atom. The molecule has 0 saturated heterocycles. The molecule has 1 atom stereocenters. The second-order valence-corrected chi connectivity index (χ2v) is 10.4. The molecule has 0 heterocycles. The Labute approximate surface area is 217 Å². The van der Waals surface area contributed by atoms with Crippen LogP contribution in [0, 0.1) is 0 Å². The van der Waals surface area contributed by atoms with Crippen LogP contribution in [0.1, 0.15) is 46.2 Å². The van der Waals surface area contributed by atoms with Gasteiger partial charge in [-0.15, -0.1) is 0 Å². The summed E-state index contributed by atoms with van der Waals surface area (Å²) in [5, 5.41) is 2.50. The summed E-state index contributed by atoms with van der Waals surface area (Å²) in [6, 6.07) is 40.3. The van der Waals surface area contributed by atoms with Crippen molar-refractivity contribution in [3.63, 3.8) is 0 Å². The van der Waals surface area contributed by atoms with Crippen molar-refractivity contribution >= 4 is 21.9 Å². The van der Waals surface area contributed by atoms with Gasteiger partial charge in [0.2, 0.25) is 0 Å². The van der Waals surface area contributed by atoms with Gasteiger partial charge in [-0.05, 0) is 90.9 Å². The van der Waals surface area contributed by atoms with Crippen LogP contribution < -0.4 is 0 Å². The van der Waals surface area contributed by atoms with Crippen molar-refractivity contribution < 1.29 is 0 Å². The van der Waals surface area contributed by atoms with E-state index in [1.165, 1.54) is 60.9 Å². The third-order valence-corrected chi connectivity index (χ3v) is 8.75. The van der Waals surface area contributed by atoms with E-state index in [0.717, 1.165) is 18.4 Å². The molecule has 0 aromatic heterocycles. The van der Waals surface area contributed by atoms with Crippen molar-refractivity contribution in [2.75, 3.05) is 0 Å². The SMILES string of the molecule is C=C(c1ccc2c(c1)C1(C3=C(C=CCC3)c3ccccc31)c1ccccc1-2)c1cccc2ccccc12. The first kappa shape index (κ1) is 20.7. The van der Waals surface area contributed by atoms with Crippen molar-refractivity contribution in [2.45, 2.75) is 18.3 Å². The van der Waals surface area contributed by atoms with Gasteiger partial charge in [-0.3, -0.25) is 0 Å². The van der Waals surface area contributed by atoms with E-state index in [4.69, 9.17) is 0 Å². The first-order chi connectivity index (χ1) is 18.3. The summed E-state index contributed by atoms with van der Waals surface area (Å²) in [5.74, 6) is 0. The molecule has 0 heteroatoms. The Kier molecular flexibility index (Phi) is 4.23. The molecule has 0 amide bonds. The Morgan fingerprint density at radius 2 is 1.35 bits per heavy atom. The van der Waals surface area contributed by atoms with Crippen LogP contribution >= 0.6 is 0 Å². The van der Waals surface area contributed by atoms with Crippen molar-refractivity contribution in [3.05, 3.63) is 167 Å². The van der Waals surface area contributed by atoms with Crippen LogP contribution in [0.4, 0.5) is 0 Å². The summed E-state index contributed by atoms with van der Waals surface area (Å²) < 4.78 is 0. The molecule has 1 spiro atoms. The molecule has 37 heavy (non-hydrogen) atoms. The Bertz CT molecular complexity index is 1840. The molecule has 5 aromatic carbocycles. The lowest BCUT2D eigenvalue weighted by molar-refractivity contribution is 0.714. The summed E-state index contributed by atoms with van der Waals surface area (Å²) in [5.41, 5.74) is 14.5. The van der Waals surface area contributed by atoms with Gasteiger partial charge in [0.15, 0.2) is 0 Å². The van der Waals surface area contributed by atoms with E-state index in [-0.39, 0.29) is 5.41 Å². The van der Waals surface area contributed by atoms with Gasteiger partial charge < -0.3 is 0 Å². The smallest absolute Gasteiger partial charge is 0.0688 e. The lowest BCUT2D eigenvalue weighted by Gasteiger charge is -2.33. The van der Waals surface area contributed by atoms with E-state index in [1.54, 1.807) is 5.57 Å². The fourth-order valence-corrected chi connectivity index (χ4v) is 7.24. The number of benzene rings is 5. The van der Waals surface area contributed by atoms with Gasteiger partial charge in [0.1, 0.15) is 0 Å². The van der Waals surface area contributed by atoms with Gasteiger partial charge in [-0.1, -0.05) is 122 Å². The maximum absolute atomic E-state index is 4.64. The first-order valence-electron chi connectivity index (χ1n) is 13.2. The van der Waals surface area contributed by atoms with Gasteiger partial charge in [-0.25, -0.2) is 0 Å². The van der Waals surface area contributed by atoms with E-state index in [2.05, 4.69) is 128 Å². The highest BCUT2D eigenvalue weighted by Crippen LogP contribution is 2.63. The average molecular weight is 471 g/mol. The fourth-order valence-electron chi connectivity index (χ4n) is 7.24. The molecule has 0 fully saturated rings. The molecule has 0 bridgehead atoms. The molecule has 8 rings (SSSR count). The third-order valence-electron chi connectivity index (χ3n) is 8.75. The molecule has 0 aliphatic heterocycles. The summed E-state index contributed by atoms with van der Waals surface area (Å²) >= 11 is 0. The van der Waals surface area contributed by atoms with Crippen LogP contribution in [-0.2, 0) is 5.41 Å². The van der Waals surface area contributed by atoms with Crippen LogP contribution in [-0.4, -0.2) is 0 Å². The molecule has 174 valence electrons. The van der Waals surface area contributed by atoms with Gasteiger partial charge in [-0.2, -0.15) is 0 Å². The van der Waals surface area contributed by atoms with Crippen LogP contribution in [0.5, 0.6) is 0 Å². The van der Waals surface area contributed by atoms with Gasteiger partial charge in [0, 0.05) is 0 Å². The summed E-state index contributed by atoms with van der Waals surface area (Å²) in [4.78, 5) is 0. The molecule has 0 nitrogen and oxygen atoms in total. The predicted octanol–water partition coefficient (Wildman–Crippen LogP) is 9.33. The van der Waals surface area contributed by atoms with Crippen molar-refractivity contribution in [1.82, 2.24) is 0 Å². The molecule has 0 saturated carbocycles. The summed E-state index contributed by atoms with van der Waals surface area (Å²) in [6.45, 7) is 4.64. The molecule has 5 aromatic rings. The van der Waals surface area contributed by atoms with Crippen LogP contribution in [0.2, 0.25) is 0 Å². The van der Waals surface area contributed by atoms with E-state index in [1.807, 2.05) is 0 Å². The monoisotopic (exact) mass is 470 g/mol. The zero-order chi connectivity index (χ0) is 24.6. The van der Waals surface area contributed by atoms with Gasteiger partial charge in [0.05, 0.1) is 5.41 Å². The molecular formula is C37H26. The maximum Gasteiger partial charge on any atom is 0.0688 e. The third kappa shape index (κ3) is 2.63. The normalized spacial score (nSPS) is 18.6. The molecule has 0 radical (unpaired) electrons. The zero-order valence-electron chi connectivity index (χ0n) is 20.7.